The van der Waals surface area contributed by atoms with E-state index >= 15 is 0 Å². The lowest BCUT2D eigenvalue weighted by molar-refractivity contribution is 0.389. The molecule has 180 valence electrons. The van der Waals surface area contributed by atoms with Gasteiger partial charge < -0.3 is 9.47 Å². The fraction of sp³-hybridized carbons (Fsp3) is 0.476. The number of hydrogen-bond acceptors (Lipinski definition) is 8. The standard InChI is InChI=1S/C21H24FN7O4S/c1-27-17-8-14(22)10-23-18(17)29(20(31)19(27)30)15-4-6-28(7-5-15)21-24-11-16(12-25-21)34(32,33)26-9-13-2-3-13/h8,10-13,15,26H,2-7,9H2,1H3. The molecule has 0 radical (unpaired) electrons. The van der Waals surface area contributed by atoms with Gasteiger partial charge in [0.25, 0.3) is 0 Å². The largest absolute Gasteiger partial charge is 0.341 e. The van der Waals surface area contributed by atoms with Crippen LogP contribution in [0.15, 0.2) is 39.1 Å². The molecule has 5 rings (SSSR count). The molecule has 34 heavy (non-hydrogen) atoms. The first-order chi connectivity index (χ1) is 16.2. The maximum atomic E-state index is 13.7. The Morgan fingerprint density at radius 3 is 2.35 bits per heavy atom. The molecule has 0 spiro atoms. The van der Waals surface area contributed by atoms with Crippen molar-refractivity contribution in [2.24, 2.45) is 13.0 Å². The normalized spacial score (nSPS) is 17.4. The van der Waals surface area contributed by atoms with Gasteiger partial charge in [-0.1, -0.05) is 0 Å². The molecule has 1 aliphatic heterocycles. The summed E-state index contributed by atoms with van der Waals surface area (Å²) in [6, 6.07) is 0.891. The minimum Gasteiger partial charge on any atom is -0.341 e. The third-order valence-electron chi connectivity index (χ3n) is 6.41. The summed E-state index contributed by atoms with van der Waals surface area (Å²) in [5, 5.41) is 0. The van der Waals surface area contributed by atoms with Crippen molar-refractivity contribution < 1.29 is 12.8 Å². The number of aryl methyl sites for hydroxylation is 1. The van der Waals surface area contributed by atoms with E-state index in [0.29, 0.717) is 44.3 Å². The second-order valence-electron chi connectivity index (χ2n) is 8.77. The van der Waals surface area contributed by atoms with Crippen LogP contribution in [0.2, 0.25) is 0 Å². The van der Waals surface area contributed by atoms with Crippen LogP contribution in [-0.2, 0) is 17.1 Å². The van der Waals surface area contributed by atoms with Gasteiger partial charge in [0.05, 0.1) is 24.1 Å². The first-order valence-electron chi connectivity index (χ1n) is 11.1. The van der Waals surface area contributed by atoms with Crippen LogP contribution in [-0.4, -0.2) is 52.1 Å². The summed E-state index contributed by atoms with van der Waals surface area (Å²) in [5.41, 5.74) is -0.922. The van der Waals surface area contributed by atoms with E-state index in [1.807, 2.05) is 4.90 Å². The Labute approximate surface area is 194 Å². The molecule has 0 aromatic carbocycles. The predicted molar refractivity (Wildman–Crippen MR) is 122 cm³/mol. The van der Waals surface area contributed by atoms with Gasteiger partial charge in [0, 0.05) is 38.8 Å². The van der Waals surface area contributed by atoms with E-state index in [-0.39, 0.29) is 22.1 Å². The Morgan fingerprint density at radius 2 is 1.71 bits per heavy atom. The summed E-state index contributed by atoms with van der Waals surface area (Å²) in [6.07, 6.45) is 6.71. The number of nitrogens with one attached hydrogen (secondary N) is 1. The van der Waals surface area contributed by atoms with Crippen molar-refractivity contribution in [3.8, 4) is 0 Å². The fourth-order valence-electron chi connectivity index (χ4n) is 4.21. The number of anilines is 1. The SMILES string of the molecule is Cn1c(=O)c(=O)n(C2CCN(c3ncc(S(=O)(=O)NCC4CC4)cn3)CC2)c2ncc(F)cc21. The summed E-state index contributed by atoms with van der Waals surface area (Å²) < 4.78 is 43.5. The van der Waals surface area contributed by atoms with Crippen LogP contribution in [0.5, 0.6) is 0 Å². The highest BCUT2D eigenvalue weighted by Crippen LogP contribution is 2.28. The monoisotopic (exact) mass is 489 g/mol. The van der Waals surface area contributed by atoms with Crippen molar-refractivity contribution >= 4 is 27.1 Å². The molecule has 4 heterocycles. The second-order valence-corrected chi connectivity index (χ2v) is 10.5. The Hall–Kier alpha value is -3.19. The molecule has 0 bridgehead atoms. The van der Waals surface area contributed by atoms with E-state index < -0.39 is 27.0 Å². The molecule has 2 aliphatic rings. The molecule has 1 saturated carbocycles. The van der Waals surface area contributed by atoms with Gasteiger partial charge in [-0.05, 0) is 31.6 Å². The molecule has 0 atom stereocenters. The van der Waals surface area contributed by atoms with Gasteiger partial charge in [-0.2, -0.15) is 0 Å². The summed E-state index contributed by atoms with van der Waals surface area (Å²) in [4.78, 5) is 39.7. The average molecular weight is 490 g/mol. The zero-order valence-electron chi connectivity index (χ0n) is 18.5. The highest BCUT2D eigenvalue weighted by molar-refractivity contribution is 7.89. The van der Waals surface area contributed by atoms with Crippen LogP contribution >= 0.6 is 0 Å². The quantitative estimate of drug-likeness (QED) is 0.497. The molecule has 3 aromatic rings. The third kappa shape index (κ3) is 4.20. The van der Waals surface area contributed by atoms with Crippen LogP contribution in [0, 0.1) is 11.7 Å². The molecule has 3 aromatic heterocycles. The highest BCUT2D eigenvalue weighted by atomic mass is 32.2. The van der Waals surface area contributed by atoms with E-state index in [4.69, 9.17) is 0 Å². The Bertz CT molecular complexity index is 1460. The Kier molecular flexibility index (Phi) is 5.68. The van der Waals surface area contributed by atoms with Gasteiger partial charge in [0.1, 0.15) is 10.7 Å². The molecule has 1 saturated heterocycles. The number of aromatic nitrogens is 5. The van der Waals surface area contributed by atoms with Gasteiger partial charge in [-0.25, -0.2) is 32.5 Å². The van der Waals surface area contributed by atoms with Crippen molar-refractivity contribution in [3.05, 3.63) is 51.2 Å². The minimum atomic E-state index is -3.64. The van der Waals surface area contributed by atoms with Gasteiger partial charge in [-0.3, -0.25) is 14.2 Å². The first kappa shape index (κ1) is 22.6. The maximum absolute atomic E-state index is 13.7. The summed E-state index contributed by atoms with van der Waals surface area (Å²) in [7, 11) is -2.22. The van der Waals surface area contributed by atoms with E-state index in [0.717, 1.165) is 23.6 Å². The van der Waals surface area contributed by atoms with E-state index in [9.17, 15) is 22.4 Å². The maximum Gasteiger partial charge on any atom is 0.318 e. The lowest BCUT2D eigenvalue weighted by Gasteiger charge is -2.33. The number of rotatable bonds is 6. The zero-order chi connectivity index (χ0) is 24.0. The molecule has 1 N–H and O–H groups in total. The van der Waals surface area contributed by atoms with Crippen LogP contribution < -0.4 is 20.7 Å². The Balaban J connectivity index is 1.33. The molecule has 0 unspecified atom stereocenters. The van der Waals surface area contributed by atoms with E-state index in [1.54, 1.807) is 0 Å². The van der Waals surface area contributed by atoms with E-state index in [2.05, 4.69) is 19.7 Å². The number of pyridine rings is 1. The molecule has 0 amide bonds. The topological polar surface area (TPSA) is 132 Å². The summed E-state index contributed by atoms with van der Waals surface area (Å²) >= 11 is 0. The predicted octanol–water partition coefficient (Wildman–Crippen LogP) is 0.554. The average Bonchev–Trinajstić information content (AvgIpc) is 3.67. The number of sulfonamides is 1. The smallest absolute Gasteiger partial charge is 0.318 e. The molecular formula is C21H24FN7O4S. The first-order valence-corrected chi connectivity index (χ1v) is 12.6. The lowest BCUT2D eigenvalue weighted by atomic mass is 10.0. The number of hydrogen-bond donors (Lipinski definition) is 1. The zero-order valence-corrected chi connectivity index (χ0v) is 19.3. The summed E-state index contributed by atoms with van der Waals surface area (Å²) in [5.74, 6) is 0.216. The van der Waals surface area contributed by atoms with Crippen LogP contribution in [0.1, 0.15) is 31.7 Å². The van der Waals surface area contributed by atoms with Crippen LogP contribution in [0.3, 0.4) is 0 Å². The number of piperidine rings is 1. The molecule has 13 heteroatoms. The van der Waals surface area contributed by atoms with Crippen molar-refractivity contribution in [1.82, 2.24) is 28.8 Å². The van der Waals surface area contributed by atoms with Gasteiger partial charge in [0.2, 0.25) is 16.0 Å². The minimum absolute atomic E-state index is 0.0169. The number of nitrogens with zero attached hydrogens (tertiary/aromatic N) is 6. The molecule has 1 aliphatic carbocycles. The van der Waals surface area contributed by atoms with Crippen molar-refractivity contribution in [3.63, 3.8) is 0 Å². The van der Waals surface area contributed by atoms with Crippen LogP contribution in [0.4, 0.5) is 10.3 Å². The van der Waals surface area contributed by atoms with Gasteiger partial charge in [0.15, 0.2) is 5.65 Å². The van der Waals surface area contributed by atoms with Crippen molar-refractivity contribution in [2.45, 2.75) is 36.6 Å². The molecule has 2 fully saturated rings. The van der Waals surface area contributed by atoms with E-state index in [1.165, 1.54) is 30.1 Å². The molecule has 11 nitrogen and oxygen atoms in total. The van der Waals surface area contributed by atoms with Crippen molar-refractivity contribution in [2.75, 3.05) is 24.5 Å². The van der Waals surface area contributed by atoms with Gasteiger partial charge in [-0.15, -0.1) is 0 Å². The van der Waals surface area contributed by atoms with Crippen molar-refractivity contribution in [1.29, 1.82) is 0 Å². The number of fused-ring (bicyclic) bond motifs is 1. The fourth-order valence-corrected chi connectivity index (χ4v) is 5.22. The van der Waals surface area contributed by atoms with Gasteiger partial charge >= 0.3 is 11.1 Å². The van der Waals surface area contributed by atoms with Crippen LogP contribution in [0.25, 0.3) is 11.2 Å². The Morgan fingerprint density at radius 1 is 1.03 bits per heavy atom. The second kappa shape index (κ2) is 8.55. The summed E-state index contributed by atoms with van der Waals surface area (Å²) in [6.45, 7) is 1.40. The highest BCUT2D eigenvalue weighted by Gasteiger charge is 2.27. The third-order valence-corrected chi connectivity index (χ3v) is 7.78. The lowest BCUT2D eigenvalue weighted by Crippen LogP contribution is -2.45. The molecular weight excluding hydrogens is 465 g/mol. The number of halogens is 1.